The molecule has 0 radical (unpaired) electrons. The molecule has 122 valence electrons. The van der Waals surface area contributed by atoms with Crippen LogP contribution in [0, 0.1) is 0 Å². The normalized spacial score (nSPS) is 12.6. The van der Waals surface area contributed by atoms with Crippen LogP contribution in [0.1, 0.15) is 0 Å². The van der Waals surface area contributed by atoms with Gasteiger partial charge < -0.3 is 5.11 Å². The number of benzene rings is 2. The molecule has 0 aliphatic rings. The number of amides is 1. The number of sulfonamides is 1. The molecule has 2 rings (SSSR count). The number of rotatable bonds is 6. The number of carbonyl (C=O) groups is 1. The van der Waals surface area contributed by atoms with Crippen molar-refractivity contribution in [2.24, 2.45) is 0 Å². The topological polar surface area (TPSA) is 116 Å². The van der Waals surface area contributed by atoms with E-state index >= 15 is 0 Å². The lowest BCUT2D eigenvalue weighted by atomic mass is 10.1. The Hall–Kier alpha value is -2.26. The zero-order valence-corrected chi connectivity index (χ0v) is 12.8. The Morgan fingerprint density at radius 3 is 2.09 bits per heavy atom. The number of nitrogens with one attached hydrogen (secondary N) is 2. The maximum absolute atomic E-state index is 12.2. The first-order valence-corrected chi connectivity index (χ1v) is 8.19. The van der Waals surface area contributed by atoms with Gasteiger partial charge in [0.15, 0.2) is 0 Å². The molecule has 0 aliphatic heterocycles. The van der Waals surface area contributed by atoms with Crippen molar-refractivity contribution < 1.29 is 23.5 Å². The Balaban J connectivity index is 2.22. The van der Waals surface area contributed by atoms with E-state index in [0.717, 1.165) is 11.1 Å². The second kappa shape index (κ2) is 7.34. The fourth-order valence-corrected chi connectivity index (χ4v) is 3.15. The average molecular weight is 336 g/mol. The van der Waals surface area contributed by atoms with Crippen LogP contribution in [-0.2, 0) is 14.8 Å². The van der Waals surface area contributed by atoms with E-state index in [1.54, 1.807) is 12.1 Å². The molecule has 0 saturated carbocycles. The minimum absolute atomic E-state index is 0.0543. The highest BCUT2D eigenvalue weighted by Gasteiger charge is 2.24. The molecule has 0 saturated heterocycles. The molecule has 0 fully saturated rings. The molecule has 1 atom stereocenters. The zero-order chi connectivity index (χ0) is 16.9. The van der Waals surface area contributed by atoms with Gasteiger partial charge in [0.25, 0.3) is 5.91 Å². The summed E-state index contributed by atoms with van der Waals surface area (Å²) >= 11 is 0. The standard InChI is InChI=1S/C15H16N2O5S/c18-10-14(15(19)16-20)17-23(21,22)13-8-6-12(7-9-13)11-4-2-1-3-5-11/h1-9,14,17-18,20H,10H2,(H,16,19)/t14-/m0/s1. The van der Waals surface area contributed by atoms with Gasteiger partial charge in [-0.15, -0.1) is 0 Å². The third-order valence-corrected chi connectivity index (χ3v) is 4.67. The first-order valence-electron chi connectivity index (χ1n) is 6.70. The molecule has 0 heterocycles. The van der Waals surface area contributed by atoms with Crippen LogP contribution in [0.2, 0.25) is 0 Å². The predicted octanol–water partition coefficient (Wildman–Crippen LogP) is 0.498. The van der Waals surface area contributed by atoms with E-state index in [1.807, 2.05) is 35.1 Å². The highest BCUT2D eigenvalue weighted by Crippen LogP contribution is 2.21. The molecule has 0 aliphatic carbocycles. The summed E-state index contributed by atoms with van der Waals surface area (Å²) in [6.07, 6.45) is 0. The minimum Gasteiger partial charge on any atom is -0.394 e. The van der Waals surface area contributed by atoms with Gasteiger partial charge in [0, 0.05) is 0 Å². The second-order valence-electron chi connectivity index (χ2n) is 4.72. The molecule has 0 unspecified atom stereocenters. The van der Waals surface area contributed by atoms with E-state index in [4.69, 9.17) is 10.3 Å². The van der Waals surface area contributed by atoms with Gasteiger partial charge in [-0.1, -0.05) is 42.5 Å². The van der Waals surface area contributed by atoms with Gasteiger partial charge >= 0.3 is 0 Å². The third kappa shape index (κ3) is 4.14. The summed E-state index contributed by atoms with van der Waals surface area (Å²) in [7, 11) is -4.01. The number of aliphatic hydroxyl groups excluding tert-OH is 1. The van der Waals surface area contributed by atoms with Gasteiger partial charge in [-0.3, -0.25) is 10.0 Å². The van der Waals surface area contributed by atoms with Crippen molar-refractivity contribution in [2.75, 3.05) is 6.61 Å². The summed E-state index contributed by atoms with van der Waals surface area (Å²) in [5.41, 5.74) is 3.08. The second-order valence-corrected chi connectivity index (χ2v) is 6.44. The maximum Gasteiger partial charge on any atom is 0.263 e. The van der Waals surface area contributed by atoms with Gasteiger partial charge in [0.05, 0.1) is 11.5 Å². The summed E-state index contributed by atoms with van der Waals surface area (Å²) in [5, 5.41) is 17.6. The fourth-order valence-electron chi connectivity index (χ4n) is 1.96. The molecular weight excluding hydrogens is 320 g/mol. The minimum atomic E-state index is -4.01. The van der Waals surface area contributed by atoms with Crippen LogP contribution in [0.4, 0.5) is 0 Å². The number of hydrogen-bond donors (Lipinski definition) is 4. The van der Waals surface area contributed by atoms with Crippen LogP contribution >= 0.6 is 0 Å². The number of aliphatic hydroxyl groups is 1. The molecule has 8 heteroatoms. The van der Waals surface area contributed by atoms with Crippen molar-refractivity contribution in [3.8, 4) is 11.1 Å². The molecule has 2 aromatic carbocycles. The van der Waals surface area contributed by atoms with E-state index in [-0.39, 0.29) is 4.90 Å². The highest BCUT2D eigenvalue weighted by atomic mass is 32.2. The molecule has 23 heavy (non-hydrogen) atoms. The average Bonchev–Trinajstić information content (AvgIpc) is 2.60. The van der Waals surface area contributed by atoms with Crippen molar-refractivity contribution in [1.82, 2.24) is 10.2 Å². The Morgan fingerprint density at radius 2 is 1.57 bits per heavy atom. The van der Waals surface area contributed by atoms with Crippen LogP contribution in [0.5, 0.6) is 0 Å². The highest BCUT2D eigenvalue weighted by molar-refractivity contribution is 7.89. The van der Waals surface area contributed by atoms with Gasteiger partial charge in [0.2, 0.25) is 10.0 Å². The lowest BCUT2D eigenvalue weighted by Crippen LogP contribution is -2.47. The fraction of sp³-hybridized carbons (Fsp3) is 0.133. The molecule has 0 bridgehead atoms. The van der Waals surface area contributed by atoms with Crippen LogP contribution in [0.3, 0.4) is 0 Å². The van der Waals surface area contributed by atoms with E-state index in [1.165, 1.54) is 17.6 Å². The van der Waals surface area contributed by atoms with Crippen LogP contribution in [0.15, 0.2) is 59.5 Å². The largest absolute Gasteiger partial charge is 0.394 e. The van der Waals surface area contributed by atoms with Crippen molar-refractivity contribution in [3.63, 3.8) is 0 Å². The van der Waals surface area contributed by atoms with Gasteiger partial charge in [0.1, 0.15) is 6.04 Å². The summed E-state index contributed by atoms with van der Waals surface area (Å²) in [4.78, 5) is 11.2. The van der Waals surface area contributed by atoms with Gasteiger partial charge in [-0.2, -0.15) is 4.72 Å². The quantitative estimate of drug-likeness (QED) is 0.453. The Morgan fingerprint density at radius 1 is 1.00 bits per heavy atom. The summed E-state index contributed by atoms with van der Waals surface area (Å²) in [5.74, 6) is -1.04. The zero-order valence-electron chi connectivity index (χ0n) is 12.0. The SMILES string of the molecule is O=C(NO)[C@H](CO)NS(=O)(=O)c1ccc(-c2ccccc2)cc1. The van der Waals surface area contributed by atoms with Crippen LogP contribution < -0.4 is 10.2 Å². The van der Waals surface area contributed by atoms with E-state index in [9.17, 15) is 13.2 Å². The Bertz CT molecular complexity index is 760. The van der Waals surface area contributed by atoms with Crippen molar-refractivity contribution in [1.29, 1.82) is 0 Å². The first kappa shape index (κ1) is 17.1. The van der Waals surface area contributed by atoms with E-state index in [0.29, 0.717) is 0 Å². The Kier molecular flexibility index (Phi) is 5.45. The summed E-state index contributed by atoms with van der Waals surface area (Å²) in [6.45, 7) is -0.784. The number of carbonyl (C=O) groups excluding carboxylic acids is 1. The third-order valence-electron chi connectivity index (χ3n) is 3.18. The molecule has 7 nitrogen and oxygen atoms in total. The summed E-state index contributed by atoms with van der Waals surface area (Å²) < 4.78 is 26.4. The van der Waals surface area contributed by atoms with Gasteiger partial charge in [-0.05, 0) is 23.3 Å². The molecular formula is C15H16N2O5S. The molecule has 1 amide bonds. The predicted molar refractivity (Wildman–Crippen MR) is 83.0 cm³/mol. The lowest BCUT2D eigenvalue weighted by Gasteiger charge is -2.14. The lowest BCUT2D eigenvalue weighted by molar-refractivity contribution is -0.131. The Labute approximate surface area is 133 Å². The smallest absolute Gasteiger partial charge is 0.263 e. The molecule has 0 aromatic heterocycles. The summed E-state index contributed by atoms with van der Waals surface area (Å²) in [6, 6.07) is 14.0. The first-order chi connectivity index (χ1) is 11.0. The monoisotopic (exact) mass is 336 g/mol. The molecule has 0 spiro atoms. The van der Waals surface area contributed by atoms with Crippen molar-refractivity contribution >= 4 is 15.9 Å². The number of hydroxylamine groups is 1. The van der Waals surface area contributed by atoms with Crippen LogP contribution in [0.25, 0.3) is 11.1 Å². The van der Waals surface area contributed by atoms with E-state index < -0.39 is 28.6 Å². The molecule has 4 N–H and O–H groups in total. The van der Waals surface area contributed by atoms with Crippen molar-refractivity contribution in [2.45, 2.75) is 10.9 Å². The number of hydrogen-bond acceptors (Lipinski definition) is 5. The molecule has 2 aromatic rings. The van der Waals surface area contributed by atoms with Crippen LogP contribution in [-0.4, -0.2) is 37.3 Å². The maximum atomic E-state index is 12.2. The van der Waals surface area contributed by atoms with Crippen molar-refractivity contribution in [3.05, 3.63) is 54.6 Å². The van der Waals surface area contributed by atoms with Gasteiger partial charge in [-0.25, -0.2) is 13.9 Å². The van der Waals surface area contributed by atoms with E-state index in [2.05, 4.69) is 0 Å².